The van der Waals surface area contributed by atoms with Crippen LogP contribution in [0, 0.1) is 5.92 Å². The molecule has 1 aliphatic carbocycles. The van der Waals surface area contributed by atoms with Gasteiger partial charge >= 0.3 is 0 Å². The lowest BCUT2D eigenvalue weighted by Crippen LogP contribution is -2.45. The molecule has 0 aliphatic heterocycles. The number of nitrogens with two attached hydrogens (primary N) is 1. The highest BCUT2D eigenvalue weighted by Crippen LogP contribution is 2.33. The molecule has 0 radical (unpaired) electrons. The summed E-state index contributed by atoms with van der Waals surface area (Å²) in [6.07, 6.45) is 10.4. The van der Waals surface area contributed by atoms with Crippen LogP contribution in [0.25, 0.3) is 0 Å². The van der Waals surface area contributed by atoms with Gasteiger partial charge in [-0.1, -0.05) is 13.8 Å². The Morgan fingerprint density at radius 3 is 2.55 bits per heavy atom. The second-order valence-electron chi connectivity index (χ2n) is 6.54. The van der Waals surface area contributed by atoms with E-state index in [4.69, 9.17) is 5.73 Å². The van der Waals surface area contributed by atoms with E-state index in [0.29, 0.717) is 6.04 Å². The minimum absolute atomic E-state index is 0.170. The summed E-state index contributed by atoms with van der Waals surface area (Å²) >= 11 is 0. The Balaban J connectivity index is 2.14. The maximum absolute atomic E-state index is 6.41. The molecule has 1 aromatic heterocycles. The standard InChI is InChI=1S/C16H30N4/c1-5-15(17)16(13-10-18-19(3)11-13)20(4)14-8-6-12(2)7-9-14/h10-12,14-16H,5-9,17H2,1-4H3. The van der Waals surface area contributed by atoms with E-state index in [9.17, 15) is 0 Å². The maximum atomic E-state index is 6.41. The van der Waals surface area contributed by atoms with Crippen molar-refractivity contribution in [3.05, 3.63) is 18.0 Å². The van der Waals surface area contributed by atoms with E-state index in [-0.39, 0.29) is 12.1 Å². The van der Waals surface area contributed by atoms with E-state index in [1.165, 1.54) is 31.2 Å². The number of nitrogens with zero attached hydrogens (tertiary/aromatic N) is 3. The molecule has 2 atom stereocenters. The topological polar surface area (TPSA) is 47.1 Å². The van der Waals surface area contributed by atoms with E-state index in [1.54, 1.807) is 0 Å². The van der Waals surface area contributed by atoms with Crippen molar-refractivity contribution in [1.82, 2.24) is 14.7 Å². The first kappa shape index (κ1) is 15.5. The molecule has 2 unspecified atom stereocenters. The molecule has 0 spiro atoms. The number of rotatable bonds is 5. The van der Waals surface area contributed by atoms with Crippen LogP contribution >= 0.6 is 0 Å². The zero-order valence-corrected chi connectivity index (χ0v) is 13.4. The first-order chi connectivity index (χ1) is 9.52. The molecule has 0 saturated heterocycles. The highest BCUT2D eigenvalue weighted by molar-refractivity contribution is 5.13. The summed E-state index contributed by atoms with van der Waals surface area (Å²) in [5, 5.41) is 4.33. The number of hydrogen-bond acceptors (Lipinski definition) is 3. The average molecular weight is 278 g/mol. The Kier molecular flexibility index (Phi) is 5.22. The Bertz CT molecular complexity index is 406. The Hall–Kier alpha value is -0.870. The number of aryl methyl sites for hydroxylation is 1. The lowest BCUT2D eigenvalue weighted by atomic mass is 9.85. The Morgan fingerprint density at radius 2 is 2.05 bits per heavy atom. The molecule has 1 aliphatic rings. The zero-order valence-electron chi connectivity index (χ0n) is 13.4. The molecular formula is C16H30N4. The molecule has 0 bridgehead atoms. The van der Waals surface area contributed by atoms with Crippen LogP contribution in [0.1, 0.15) is 57.6 Å². The molecule has 1 fully saturated rings. The van der Waals surface area contributed by atoms with Crippen molar-refractivity contribution < 1.29 is 0 Å². The van der Waals surface area contributed by atoms with Crippen molar-refractivity contribution >= 4 is 0 Å². The van der Waals surface area contributed by atoms with E-state index >= 15 is 0 Å². The molecule has 4 nitrogen and oxygen atoms in total. The summed E-state index contributed by atoms with van der Waals surface area (Å²) < 4.78 is 1.88. The van der Waals surface area contributed by atoms with Crippen molar-refractivity contribution in [3.63, 3.8) is 0 Å². The SMILES string of the molecule is CCC(N)C(c1cnn(C)c1)N(C)C1CCC(C)CC1. The van der Waals surface area contributed by atoms with Crippen LogP contribution in [0.3, 0.4) is 0 Å². The van der Waals surface area contributed by atoms with Crippen molar-refractivity contribution in [3.8, 4) is 0 Å². The molecule has 0 amide bonds. The highest BCUT2D eigenvalue weighted by Gasteiger charge is 2.31. The van der Waals surface area contributed by atoms with Crippen LogP contribution in [0.15, 0.2) is 12.4 Å². The van der Waals surface area contributed by atoms with Crippen LogP contribution in [0.5, 0.6) is 0 Å². The fourth-order valence-corrected chi connectivity index (χ4v) is 3.48. The minimum Gasteiger partial charge on any atom is -0.326 e. The van der Waals surface area contributed by atoms with Gasteiger partial charge in [0.05, 0.1) is 12.2 Å². The Labute approximate surface area is 123 Å². The van der Waals surface area contributed by atoms with Crippen molar-refractivity contribution in [1.29, 1.82) is 0 Å². The fourth-order valence-electron chi connectivity index (χ4n) is 3.48. The lowest BCUT2D eigenvalue weighted by Gasteiger charge is -2.40. The van der Waals surface area contributed by atoms with Gasteiger partial charge in [0, 0.05) is 30.9 Å². The smallest absolute Gasteiger partial charge is 0.0538 e. The molecule has 1 heterocycles. The number of hydrogen-bond donors (Lipinski definition) is 1. The molecule has 1 aromatic rings. The van der Waals surface area contributed by atoms with Crippen LogP contribution in [0.4, 0.5) is 0 Å². The molecule has 114 valence electrons. The lowest BCUT2D eigenvalue weighted by molar-refractivity contribution is 0.107. The first-order valence-electron chi connectivity index (χ1n) is 7.99. The van der Waals surface area contributed by atoms with Crippen LogP contribution in [-0.4, -0.2) is 33.8 Å². The average Bonchev–Trinajstić information content (AvgIpc) is 2.85. The van der Waals surface area contributed by atoms with E-state index < -0.39 is 0 Å². The number of aromatic nitrogens is 2. The van der Waals surface area contributed by atoms with Gasteiger partial charge in [-0.15, -0.1) is 0 Å². The summed E-state index contributed by atoms with van der Waals surface area (Å²) in [7, 11) is 4.22. The van der Waals surface area contributed by atoms with Crippen LogP contribution in [-0.2, 0) is 7.05 Å². The monoisotopic (exact) mass is 278 g/mol. The predicted molar refractivity (Wildman–Crippen MR) is 83.4 cm³/mol. The van der Waals surface area contributed by atoms with Gasteiger partial charge < -0.3 is 5.73 Å². The van der Waals surface area contributed by atoms with Gasteiger partial charge in [-0.3, -0.25) is 9.58 Å². The molecule has 2 rings (SSSR count). The highest BCUT2D eigenvalue weighted by atomic mass is 15.3. The molecule has 2 N–H and O–H groups in total. The molecule has 0 aromatic carbocycles. The third-order valence-electron chi connectivity index (χ3n) is 4.94. The normalized spacial score (nSPS) is 26.7. The van der Waals surface area contributed by atoms with Crippen molar-refractivity contribution in [2.45, 2.75) is 64.1 Å². The van der Waals surface area contributed by atoms with Gasteiger partial charge in [0.15, 0.2) is 0 Å². The fraction of sp³-hybridized carbons (Fsp3) is 0.812. The second kappa shape index (κ2) is 6.72. The second-order valence-corrected chi connectivity index (χ2v) is 6.54. The maximum Gasteiger partial charge on any atom is 0.0538 e. The van der Waals surface area contributed by atoms with E-state index in [2.05, 4.69) is 37.1 Å². The van der Waals surface area contributed by atoms with Gasteiger partial charge in [0.2, 0.25) is 0 Å². The largest absolute Gasteiger partial charge is 0.326 e. The van der Waals surface area contributed by atoms with Crippen LogP contribution < -0.4 is 5.73 Å². The van der Waals surface area contributed by atoms with Gasteiger partial charge in [0.1, 0.15) is 0 Å². The first-order valence-corrected chi connectivity index (χ1v) is 7.99. The molecule has 20 heavy (non-hydrogen) atoms. The molecule has 1 saturated carbocycles. The Morgan fingerprint density at radius 1 is 1.40 bits per heavy atom. The third kappa shape index (κ3) is 3.41. The van der Waals surface area contributed by atoms with Crippen LogP contribution in [0.2, 0.25) is 0 Å². The number of likely N-dealkylation sites (N-methyl/N-ethyl adjacent to an activating group) is 1. The van der Waals surface area contributed by atoms with Crippen molar-refractivity contribution in [2.24, 2.45) is 18.7 Å². The predicted octanol–water partition coefficient (Wildman–Crippen LogP) is 2.71. The van der Waals surface area contributed by atoms with Gasteiger partial charge in [0.25, 0.3) is 0 Å². The third-order valence-corrected chi connectivity index (χ3v) is 4.94. The van der Waals surface area contributed by atoms with E-state index in [0.717, 1.165) is 12.3 Å². The summed E-state index contributed by atoms with van der Waals surface area (Å²) in [5.74, 6) is 0.886. The molecular weight excluding hydrogens is 248 g/mol. The summed E-state index contributed by atoms with van der Waals surface area (Å²) in [5.41, 5.74) is 7.67. The summed E-state index contributed by atoms with van der Waals surface area (Å²) in [6, 6.07) is 1.12. The molecule has 4 heteroatoms. The quantitative estimate of drug-likeness (QED) is 0.901. The van der Waals surface area contributed by atoms with Gasteiger partial charge in [-0.2, -0.15) is 5.10 Å². The van der Waals surface area contributed by atoms with E-state index in [1.807, 2.05) is 17.9 Å². The van der Waals surface area contributed by atoms with Gasteiger partial charge in [-0.25, -0.2) is 0 Å². The minimum atomic E-state index is 0.170. The zero-order chi connectivity index (χ0) is 14.7. The van der Waals surface area contributed by atoms with Crippen molar-refractivity contribution in [2.75, 3.05) is 7.05 Å². The summed E-state index contributed by atoms with van der Waals surface area (Å²) in [6.45, 7) is 4.54. The van der Waals surface area contributed by atoms with Gasteiger partial charge in [-0.05, 0) is 45.1 Å². The summed E-state index contributed by atoms with van der Waals surface area (Å²) in [4.78, 5) is 2.51.